The fraction of sp³-hybridized carbons (Fsp3) is 0.409. The van der Waals surface area contributed by atoms with Crippen LogP contribution in [0.5, 0.6) is 0 Å². The van der Waals surface area contributed by atoms with Gasteiger partial charge in [0.2, 0.25) is 5.91 Å². The Hall–Kier alpha value is -2.62. The number of nitriles is 1. The maximum Gasteiger partial charge on any atom is 0.266 e. The molecule has 1 aliphatic rings. The third kappa shape index (κ3) is 5.06. The van der Waals surface area contributed by atoms with Crippen LogP contribution in [-0.4, -0.2) is 46.9 Å². The molecule has 1 amide bonds. The molecule has 0 saturated carbocycles. The molecule has 1 fully saturated rings. The minimum absolute atomic E-state index is 0.111. The van der Waals surface area contributed by atoms with Crippen LogP contribution in [0.4, 0.5) is 0 Å². The summed E-state index contributed by atoms with van der Waals surface area (Å²) < 4.78 is 0. The van der Waals surface area contributed by atoms with Crippen LogP contribution < -0.4 is 5.56 Å². The lowest BCUT2D eigenvalue weighted by Crippen LogP contribution is -2.48. The number of hydrogen-bond acceptors (Lipinski definition) is 4. The minimum Gasteiger partial charge on any atom is -0.340 e. The van der Waals surface area contributed by atoms with Gasteiger partial charge in [-0.15, -0.1) is 0 Å². The van der Waals surface area contributed by atoms with E-state index in [1.165, 1.54) is 5.56 Å². The maximum atomic E-state index is 12.7. The van der Waals surface area contributed by atoms with E-state index < -0.39 is 0 Å². The molecule has 6 nitrogen and oxygen atoms in total. The number of halogens is 1. The fourth-order valence-electron chi connectivity index (χ4n) is 3.81. The first-order chi connectivity index (χ1) is 13.9. The van der Waals surface area contributed by atoms with Crippen molar-refractivity contribution in [3.63, 3.8) is 0 Å². The highest BCUT2D eigenvalue weighted by atomic mass is 35.5. The Labute approximate surface area is 175 Å². The highest BCUT2D eigenvalue weighted by Crippen LogP contribution is 2.17. The molecule has 0 spiro atoms. The maximum absolute atomic E-state index is 12.7. The van der Waals surface area contributed by atoms with E-state index in [4.69, 9.17) is 11.6 Å². The van der Waals surface area contributed by atoms with Gasteiger partial charge in [0.15, 0.2) is 0 Å². The average Bonchev–Trinajstić information content (AvgIpc) is 2.70. The third-order valence-corrected chi connectivity index (χ3v) is 5.81. The number of hydrogen-bond donors (Lipinski definition) is 1. The second kappa shape index (κ2) is 9.25. The summed E-state index contributed by atoms with van der Waals surface area (Å²) >= 11 is 5.94. The van der Waals surface area contributed by atoms with Gasteiger partial charge in [0.05, 0.1) is 0 Å². The molecule has 1 saturated heterocycles. The number of amides is 1. The van der Waals surface area contributed by atoms with Gasteiger partial charge in [-0.25, -0.2) is 0 Å². The van der Waals surface area contributed by atoms with Crippen LogP contribution in [0.1, 0.15) is 34.4 Å². The average molecular weight is 413 g/mol. The lowest BCUT2D eigenvalue weighted by molar-refractivity contribution is -0.133. The van der Waals surface area contributed by atoms with Gasteiger partial charge in [0, 0.05) is 49.9 Å². The highest BCUT2D eigenvalue weighted by molar-refractivity contribution is 6.30. The summed E-state index contributed by atoms with van der Waals surface area (Å²) in [7, 11) is 0. The number of aromatic amines is 1. The number of carbonyl (C=O) groups is 1. The molecule has 0 atom stereocenters. The van der Waals surface area contributed by atoms with Crippen molar-refractivity contribution in [1.29, 1.82) is 5.26 Å². The molecular formula is C22H25ClN4O2. The molecule has 0 unspecified atom stereocenters. The second-order valence-electron chi connectivity index (χ2n) is 7.45. The summed E-state index contributed by atoms with van der Waals surface area (Å²) in [6.45, 7) is 7.53. The van der Waals surface area contributed by atoms with E-state index in [1.54, 1.807) is 6.92 Å². The van der Waals surface area contributed by atoms with E-state index >= 15 is 0 Å². The molecule has 0 radical (unpaired) electrons. The second-order valence-corrected chi connectivity index (χ2v) is 7.89. The number of piperazine rings is 1. The summed E-state index contributed by atoms with van der Waals surface area (Å²) in [4.78, 5) is 31.5. The molecule has 7 heteroatoms. The van der Waals surface area contributed by atoms with Crippen molar-refractivity contribution < 1.29 is 4.79 Å². The Kier molecular flexibility index (Phi) is 6.73. The van der Waals surface area contributed by atoms with Gasteiger partial charge in [-0.2, -0.15) is 5.26 Å². The lowest BCUT2D eigenvalue weighted by Gasteiger charge is -2.35. The first-order valence-electron chi connectivity index (χ1n) is 9.76. The highest BCUT2D eigenvalue weighted by Gasteiger charge is 2.22. The van der Waals surface area contributed by atoms with E-state index in [0.29, 0.717) is 31.5 Å². The Balaban J connectivity index is 1.53. The first kappa shape index (κ1) is 21.1. The number of aryl methyl sites for hydroxylation is 1. The van der Waals surface area contributed by atoms with Crippen molar-refractivity contribution in [1.82, 2.24) is 14.8 Å². The van der Waals surface area contributed by atoms with Gasteiger partial charge in [-0.1, -0.05) is 23.7 Å². The molecule has 1 aromatic heterocycles. The standard InChI is InChI=1S/C22H25ClN4O2/c1-15-19(16(2)25-22(29)20(15)13-24)7-8-21(28)27-11-9-26(10-12-27)14-17-3-5-18(23)6-4-17/h3-6H,7-12,14H2,1-2H3,(H,25,29). The summed E-state index contributed by atoms with van der Waals surface area (Å²) in [5.41, 5.74) is 3.27. The van der Waals surface area contributed by atoms with E-state index in [-0.39, 0.29) is 17.0 Å². The number of aromatic nitrogens is 1. The Morgan fingerprint density at radius 3 is 2.45 bits per heavy atom. The Morgan fingerprint density at radius 2 is 1.83 bits per heavy atom. The summed E-state index contributed by atoms with van der Waals surface area (Å²) in [5.74, 6) is 0.111. The smallest absolute Gasteiger partial charge is 0.266 e. The van der Waals surface area contributed by atoms with E-state index in [2.05, 4.69) is 9.88 Å². The predicted molar refractivity (Wildman–Crippen MR) is 113 cm³/mol. The molecule has 2 heterocycles. The normalized spacial score (nSPS) is 14.6. The zero-order valence-corrected chi connectivity index (χ0v) is 17.6. The first-order valence-corrected chi connectivity index (χ1v) is 10.1. The van der Waals surface area contributed by atoms with Gasteiger partial charge in [-0.3, -0.25) is 14.5 Å². The van der Waals surface area contributed by atoms with Gasteiger partial charge in [-0.05, 0) is 49.1 Å². The molecule has 152 valence electrons. The zero-order chi connectivity index (χ0) is 21.0. The summed E-state index contributed by atoms with van der Waals surface area (Å²) in [5, 5.41) is 9.92. The van der Waals surface area contributed by atoms with Crippen molar-refractivity contribution in [3.8, 4) is 6.07 Å². The number of nitrogens with zero attached hydrogens (tertiary/aromatic N) is 3. The molecule has 0 bridgehead atoms. The molecule has 2 aromatic rings. The molecule has 1 aromatic carbocycles. The quantitative estimate of drug-likeness (QED) is 0.818. The number of H-pyrrole nitrogens is 1. The lowest BCUT2D eigenvalue weighted by atomic mass is 9.99. The number of pyridine rings is 1. The van der Waals surface area contributed by atoms with Gasteiger partial charge in [0.25, 0.3) is 5.56 Å². The zero-order valence-electron chi connectivity index (χ0n) is 16.8. The van der Waals surface area contributed by atoms with Crippen molar-refractivity contribution in [3.05, 3.63) is 67.6 Å². The largest absolute Gasteiger partial charge is 0.340 e. The number of rotatable bonds is 5. The molecule has 0 aliphatic carbocycles. The molecule has 3 rings (SSSR count). The van der Waals surface area contributed by atoms with Gasteiger partial charge in [0.1, 0.15) is 11.6 Å². The van der Waals surface area contributed by atoms with Gasteiger partial charge >= 0.3 is 0 Å². The predicted octanol–water partition coefficient (Wildman–Crippen LogP) is 2.79. The van der Waals surface area contributed by atoms with E-state index in [1.807, 2.05) is 42.2 Å². The number of nitrogens with one attached hydrogen (secondary N) is 1. The summed E-state index contributed by atoms with van der Waals surface area (Å²) in [6, 6.07) is 9.82. The fourth-order valence-corrected chi connectivity index (χ4v) is 3.94. The van der Waals surface area contributed by atoms with Crippen molar-refractivity contribution >= 4 is 17.5 Å². The third-order valence-electron chi connectivity index (χ3n) is 5.55. The van der Waals surface area contributed by atoms with Crippen LogP contribution >= 0.6 is 11.6 Å². The van der Waals surface area contributed by atoms with Gasteiger partial charge < -0.3 is 9.88 Å². The number of benzene rings is 1. The van der Waals surface area contributed by atoms with Crippen LogP contribution in [-0.2, 0) is 17.8 Å². The topological polar surface area (TPSA) is 80.2 Å². The van der Waals surface area contributed by atoms with Crippen molar-refractivity contribution in [2.75, 3.05) is 26.2 Å². The van der Waals surface area contributed by atoms with Crippen LogP contribution in [0.2, 0.25) is 5.02 Å². The van der Waals surface area contributed by atoms with Crippen LogP contribution in [0.3, 0.4) is 0 Å². The van der Waals surface area contributed by atoms with Crippen molar-refractivity contribution in [2.45, 2.75) is 33.2 Å². The Bertz CT molecular complexity index is 984. The summed E-state index contributed by atoms with van der Waals surface area (Å²) in [6.07, 6.45) is 0.892. The molecule has 29 heavy (non-hydrogen) atoms. The molecule has 1 aliphatic heterocycles. The molecule has 1 N–H and O–H groups in total. The van der Waals surface area contributed by atoms with E-state index in [0.717, 1.165) is 35.9 Å². The minimum atomic E-state index is -0.366. The molecular weight excluding hydrogens is 388 g/mol. The Morgan fingerprint density at radius 1 is 1.17 bits per heavy atom. The van der Waals surface area contributed by atoms with E-state index in [9.17, 15) is 14.9 Å². The van der Waals surface area contributed by atoms with Crippen LogP contribution in [0, 0.1) is 25.2 Å². The number of carbonyl (C=O) groups excluding carboxylic acids is 1. The van der Waals surface area contributed by atoms with Crippen LogP contribution in [0.15, 0.2) is 29.1 Å². The SMILES string of the molecule is Cc1[nH]c(=O)c(C#N)c(C)c1CCC(=O)N1CCN(Cc2ccc(Cl)cc2)CC1. The van der Waals surface area contributed by atoms with Crippen molar-refractivity contribution in [2.24, 2.45) is 0 Å². The monoisotopic (exact) mass is 412 g/mol. The van der Waals surface area contributed by atoms with Crippen LogP contribution in [0.25, 0.3) is 0 Å².